The Bertz CT molecular complexity index is 736. The molecule has 1 aliphatic rings. The fourth-order valence-corrected chi connectivity index (χ4v) is 3.34. The van der Waals surface area contributed by atoms with Crippen LogP contribution in [0.5, 0.6) is 0 Å². The van der Waals surface area contributed by atoms with Gasteiger partial charge in [-0.05, 0) is 63.7 Å². The SMILES string of the molecule is Nc1ccc2c(c1)CCC2NC(=O)C(O)Cc1ccncc1Br. The molecule has 0 radical (unpaired) electrons. The number of aromatic nitrogens is 1. The molecule has 5 nitrogen and oxygen atoms in total. The van der Waals surface area contributed by atoms with Crippen LogP contribution in [0.15, 0.2) is 41.1 Å². The molecule has 2 aromatic rings. The number of rotatable bonds is 4. The number of aliphatic hydroxyl groups excluding tert-OH is 1. The lowest BCUT2D eigenvalue weighted by Gasteiger charge is -2.18. The van der Waals surface area contributed by atoms with Crippen LogP contribution in [0.1, 0.15) is 29.2 Å². The Morgan fingerprint density at radius 3 is 3.09 bits per heavy atom. The fourth-order valence-electron chi connectivity index (χ4n) is 2.93. The summed E-state index contributed by atoms with van der Waals surface area (Å²) in [6, 6.07) is 7.47. The van der Waals surface area contributed by atoms with E-state index in [0.29, 0.717) is 0 Å². The van der Waals surface area contributed by atoms with Gasteiger partial charge in [0.25, 0.3) is 0 Å². The van der Waals surface area contributed by atoms with E-state index in [2.05, 4.69) is 26.2 Å². The molecule has 0 saturated heterocycles. The number of aliphatic hydroxyl groups is 1. The molecule has 1 heterocycles. The minimum atomic E-state index is -1.09. The summed E-state index contributed by atoms with van der Waals surface area (Å²) >= 11 is 3.37. The second-order valence-corrected chi connectivity index (χ2v) is 6.60. The number of hydrogen-bond acceptors (Lipinski definition) is 4. The van der Waals surface area contributed by atoms with E-state index in [9.17, 15) is 9.90 Å². The van der Waals surface area contributed by atoms with Gasteiger partial charge >= 0.3 is 0 Å². The standard InChI is InChI=1S/C17H18BrN3O2/c18-14-9-20-6-5-11(14)8-16(22)17(23)21-15-4-1-10-7-12(19)2-3-13(10)15/h2-3,5-7,9,15-16,22H,1,4,8,19H2,(H,21,23). The van der Waals surface area contributed by atoms with Crippen molar-refractivity contribution in [1.82, 2.24) is 10.3 Å². The monoisotopic (exact) mass is 375 g/mol. The molecule has 0 spiro atoms. The van der Waals surface area contributed by atoms with E-state index < -0.39 is 6.10 Å². The van der Waals surface area contributed by atoms with E-state index in [1.54, 1.807) is 18.5 Å². The highest BCUT2D eigenvalue weighted by atomic mass is 79.9. The molecule has 0 saturated carbocycles. The lowest BCUT2D eigenvalue weighted by atomic mass is 10.1. The third-order valence-corrected chi connectivity index (χ3v) is 4.85. The van der Waals surface area contributed by atoms with Gasteiger partial charge in [-0.3, -0.25) is 9.78 Å². The zero-order valence-corrected chi connectivity index (χ0v) is 14.1. The number of nitrogens with zero attached hydrogens (tertiary/aromatic N) is 1. The molecule has 0 bridgehead atoms. The number of carbonyl (C=O) groups excluding carboxylic acids is 1. The van der Waals surface area contributed by atoms with E-state index in [1.807, 2.05) is 18.2 Å². The van der Waals surface area contributed by atoms with Gasteiger partial charge < -0.3 is 16.2 Å². The molecule has 1 aromatic heterocycles. The summed E-state index contributed by atoms with van der Waals surface area (Å²) in [5, 5.41) is 13.1. The minimum absolute atomic E-state index is 0.0615. The van der Waals surface area contributed by atoms with Gasteiger partial charge in [-0.15, -0.1) is 0 Å². The quantitative estimate of drug-likeness (QED) is 0.714. The molecule has 1 aliphatic carbocycles. The summed E-state index contributed by atoms with van der Waals surface area (Å²) in [6.45, 7) is 0. The highest BCUT2D eigenvalue weighted by Gasteiger charge is 2.26. The third kappa shape index (κ3) is 3.54. The predicted molar refractivity (Wildman–Crippen MR) is 91.7 cm³/mol. The molecule has 120 valence electrons. The average Bonchev–Trinajstić information content (AvgIpc) is 2.91. The molecule has 4 N–H and O–H groups in total. The van der Waals surface area contributed by atoms with E-state index in [4.69, 9.17) is 5.73 Å². The smallest absolute Gasteiger partial charge is 0.249 e. The van der Waals surface area contributed by atoms with Gasteiger partial charge in [0.2, 0.25) is 5.91 Å². The van der Waals surface area contributed by atoms with E-state index in [0.717, 1.165) is 34.1 Å². The van der Waals surface area contributed by atoms with Gasteiger partial charge in [0.15, 0.2) is 0 Å². The maximum atomic E-state index is 12.3. The summed E-state index contributed by atoms with van der Waals surface area (Å²) in [4.78, 5) is 16.2. The first-order chi connectivity index (χ1) is 11.0. The highest BCUT2D eigenvalue weighted by Crippen LogP contribution is 2.32. The second-order valence-electron chi connectivity index (χ2n) is 5.75. The predicted octanol–water partition coefficient (Wildman–Crippen LogP) is 2.13. The van der Waals surface area contributed by atoms with Crippen molar-refractivity contribution in [1.29, 1.82) is 0 Å². The first-order valence-corrected chi connectivity index (χ1v) is 8.29. The number of hydrogen-bond donors (Lipinski definition) is 3. The van der Waals surface area contributed by atoms with Crippen LogP contribution < -0.4 is 11.1 Å². The highest BCUT2D eigenvalue weighted by molar-refractivity contribution is 9.10. The van der Waals surface area contributed by atoms with Crippen LogP contribution in [0, 0.1) is 0 Å². The molecule has 2 atom stereocenters. The number of aryl methyl sites for hydroxylation is 1. The summed E-state index contributed by atoms with van der Waals surface area (Å²) in [5.41, 5.74) is 9.63. The third-order valence-electron chi connectivity index (χ3n) is 4.13. The van der Waals surface area contributed by atoms with E-state index in [-0.39, 0.29) is 18.4 Å². The lowest BCUT2D eigenvalue weighted by Crippen LogP contribution is -2.37. The Labute approximate surface area is 143 Å². The van der Waals surface area contributed by atoms with Crippen LogP contribution in [0.3, 0.4) is 0 Å². The number of nitrogens with one attached hydrogen (secondary N) is 1. The molecule has 3 rings (SSSR count). The topological polar surface area (TPSA) is 88.2 Å². The molecule has 23 heavy (non-hydrogen) atoms. The molecule has 0 aliphatic heterocycles. The normalized spacial score (nSPS) is 17.6. The van der Waals surface area contributed by atoms with Crippen LogP contribution in [-0.2, 0) is 17.6 Å². The first kappa shape index (κ1) is 16.0. The van der Waals surface area contributed by atoms with Crippen LogP contribution in [0.4, 0.5) is 5.69 Å². The van der Waals surface area contributed by atoms with Gasteiger partial charge in [-0.1, -0.05) is 6.07 Å². The van der Waals surface area contributed by atoms with Crippen molar-refractivity contribution in [3.8, 4) is 0 Å². The second kappa shape index (κ2) is 6.68. The Hall–Kier alpha value is -1.92. The Morgan fingerprint density at radius 2 is 2.30 bits per heavy atom. The van der Waals surface area contributed by atoms with E-state index in [1.165, 1.54) is 5.56 Å². The number of pyridine rings is 1. The van der Waals surface area contributed by atoms with Crippen molar-refractivity contribution in [2.75, 3.05) is 5.73 Å². The molecule has 1 aromatic carbocycles. The van der Waals surface area contributed by atoms with Gasteiger partial charge in [0, 0.05) is 29.0 Å². The zero-order valence-electron chi connectivity index (χ0n) is 12.5. The number of carbonyl (C=O) groups is 1. The number of anilines is 1. The van der Waals surface area contributed by atoms with Gasteiger partial charge in [-0.25, -0.2) is 0 Å². The molecular formula is C17H18BrN3O2. The maximum Gasteiger partial charge on any atom is 0.249 e. The summed E-state index contributed by atoms with van der Waals surface area (Å²) in [5.74, 6) is -0.358. The van der Waals surface area contributed by atoms with Crippen molar-refractivity contribution >= 4 is 27.5 Å². The average molecular weight is 376 g/mol. The molecule has 0 fully saturated rings. The lowest BCUT2D eigenvalue weighted by molar-refractivity contribution is -0.130. The summed E-state index contributed by atoms with van der Waals surface area (Å²) < 4.78 is 0.786. The number of benzene rings is 1. The van der Waals surface area contributed by atoms with Crippen molar-refractivity contribution in [2.45, 2.75) is 31.4 Å². The Morgan fingerprint density at radius 1 is 1.48 bits per heavy atom. The van der Waals surface area contributed by atoms with Crippen molar-refractivity contribution in [2.24, 2.45) is 0 Å². The summed E-state index contributed by atoms with van der Waals surface area (Å²) in [6.07, 6.45) is 4.16. The van der Waals surface area contributed by atoms with E-state index >= 15 is 0 Å². The van der Waals surface area contributed by atoms with Crippen molar-refractivity contribution in [3.63, 3.8) is 0 Å². The van der Waals surface area contributed by atoms with Gasteiger partial charge in [0.1, 0.15) is 6.10 Å². The number of nitrogen functional groups attached to an aromatic ring is 1. The summed E-state index contributed by atoms with van der Waals surface area (Å²) in [7, 11) is 0. The van der Waals surface area contributed by atoms with Gasteiger partial charge in [0.05, 0.1) is 6.04 Å². The van der Waals surface area contributed by atoms with Crippen molar-refractivity contribution < 1.29 is 9.90 Å². The number of fused-ring (bicyclic) bond motifs is 1. The first-order valence-electron chi connectivity index (χ1n) is 7.49. The van der Waals surface area contributed by atoms with Crippen LogP contribution in [0.25, 0.3) is 0 Å². The molecule has 1 amide bonds. The molecule has 2 unspecified atom stereocenters. The fraction of sp³-hybridized carbons (Fsp3) is 0.294. The van der Waals surface area contributed by atoms with Crippen LogP contribution >= 0.6 is 15.9 Å². The van der Waals surface area contributed by atoms with Gasteiger partial charge in [-0.2, -0.15) is 0 Å². The van der Waals surface area contributed by atoms with Crippen LogP contribution in [-0.4, -0.2) is 22.1 Å². The zero-order chi connectivity index (χ0) is 16.4. The Balaban J connectivity index is 1.65. The minimum Gasteiger partial charge on any atom is -0.399 e. The molecular weight excluding hydrogens is 358 g/mol. The maximum absolute atomic E-state index is 12.3. The number of nitrogens with two attached hydrogens (primary N) is 1. The van der Waals surface area contributed by atoms with Crippen molar-refractivity contribution in [3.05, 3.63) is 57.8 Å². The molecule has 6 heteroatoms. The largest absolute Gasteiger partial charge is 0.399 e. The Kier molecular flexibility index (Phi) is 4.63. The number of amides is 1. The number of halogens is 1. The van der Waals surface area contributed by atoms with Crippen LogP contribution in [0.2, 0.25) is 0 Å².